The van der Waals surface area contributed by atoms with Gasteiger partial charge in [0.25, 0.3) is 0 Å². The molecule has 0 heterocycles. The van der Waals surface area contributed by atoms with Crippen LogP contribution < -0.4 is 0 Å². The van der Waals surface area contributed by atoms with E-state index in [9.17, 15) is 0 Å². The van der Waals surface area contributed by atoms with E-state index in [4.69, 9.17) is 8.23 Å². The third-order valence-electron chi connectivity index (χ3n) is 2.40. The van der Waals surface area contributed by atoms with Crippen molar-refractivity contribution in [3.63, 3.8) is 0 Å². The number of hydrogen-bond donors (Lipinski definition) is 0. The zero-order chi connectivity index (χ0) is 9.61. The van der Waals surface area contributed by atoms with Gasteiger partial charge in [-0.1, -0.05) is 13.8 Å². The molecule has 0 radical (unpaired) electrons. The highest BCUT2D eigenvalue weighted by Gasteiger charge is 2.30. The molecule has 0 aliphatic carbocycles. The molecule has 0 amide bonds. The molecule has 0 aromatic heterocycles. The number of rotatable bonds is 6. The first kappa shape index (κ1) is 12.8. The van der Waals surface area contributed by atoms with Gasteiger partial charge in [-0.05, 0) is 25.2 Å². The van der Waals surface area contributed by atoms with Crippen molar-refractivity contribution < 1.29 is 8.23 Å². The molecule has 0 aromatic rings. The summed E-state index contributed by atoms with van der Waals surface area (Å²) in [6, 6.07) is 2.53. The highest BCUT2D eigenvalue weighted by atomic mass is 29.2. The lowest BCUT2D eigenvalue weighted by Crippen LogP contribution is -2.46. The maximum absolute atomic E-state index is 5.92. The summed E-state index contributed by atoms with van der Waals surface area (Å²) in [7, 11) is -1.46. The van der Waals surface area contributed by atoms with Gasteiger partial charge in [-0.25, -0.2) is 0 Å². The van der Waals surface area contributed by atoms with E-state index in [0.717, 1.165) is 10.5 Å². The zero-order valence-electron chi connectivity index (χ0n) is 9.02. The first-order valence-electron chi connectivity index (χ1n) is 4.77. The molecule has 12 heavy (non-hydrogen) atoms. The molecule has 0 aliphatic heterocycles. The van der Waals surface area contributed by atoms with Crippen molar-refractivity contribution in [3.05, 3.63) is 0 Å². The second kappa shape index (κ2) is 6.27. The molecule has 0 rings (SSSR count). The number of hydrogen-bond acceptors (Lipinski definition) is 2. The van der Waals surface area contributed by atoms with E-state index < -0.39 is 16.9 Å². The lowest BCUT2D eigenvalue weighted by atomic mass is 11.0. The third-order valence-corrected chi connectivity index (χ3v) is 21.0. The Balaban J connectivity index is 3.93. The van der Waals surface area contributed by atoms with Gasteiger partial charge < -0.3 is 8.23 Å². The maximum atomic E-state index is 5.92. The second-order valence-electron chi connectivity index (χ2n) is 3.45. The van der Waals surface area contributed by atoms with E-state index in [1.165, 1.54) is 12.1 Å². The fourth-order valence-corrected chi connectivity index (χ4v) is 15.4. The molecule has 0 bridgehead atoms. The fraction of sp³-hybridized carbons (Fsp3) is 1.00. The van der Waals surface area contributed by atoms with Crippen LogP contribution in [-0.2, 0) is 8.23 Å². The summed E-state index contributed by atoms with van der Waals surface area (Å²) in [6.07, 6.45) is 0. The van der Waals surface area contributed by atoms with Gasteiger partial charge in [0.05, 0.1) is 0 Å². The topological polar surface area (TPSA) is 18.5 Å². The minimum Gasteiger partial charge on any atom is -0.464 e. The molecule has 0 atom stereocenters. The van der Waals surface area contributed by atoms with Gasteiger partial charge in [-0.3, -0.25) is 0 Å². The standard InChI is InChI=1S/C6H22O2Si4/c1-5-12(6-2,7-9)10-8-11(3)4/h11H,5-6,10H2,1-4,9H3. The molecule has 0 saturated carbocycles. The van der Waals surface area contributed by atoms with Crippen LogP contribution in [0, 0.1) is 0 Å². The normalized spacial score (nSPS) is 13.8. The molecule has 0 spiro atoms. The lowest BCUT2D eigenvalue weighted by Gasteiger charge is -2.28. The monoisotopic (exact) mass is 238 g/mol. The average Bonchev–Trinajstić information content (AvgIpc) is 2.08. The molecular formula is C6H22O2Si4. The highest BCUT2D eigenvalue weighted by molar-refractivity contribution is 7.20. The van der Waals surface area contributed by atoms with Crippen molar-refractivity contribution >= 4 is 36.6 Å². The molecule has 0 fully saturated rings. The summed E-state index contributed by atoms with van der Waals surface area (Å²) in [5.74, 6) is 0. The second-order valence-corrected chi connectivity index (χ2v) is 17.3. The molecule has 0 unspecified atom stereocenters. The molecule has 0 aromatic carbocycles. The van der Waals surface area contributed by atoms with Gasteiger partial charge >= 0.3 is 0 Å². The van der Waals surface area contributed by atoms with E-state index >= 15 is 0 Å². The van der Waals surface area contributed by atoms with Crippen LogP contribution in [0.15, 0.2) is 0 Å². The predicted octanol–water partition coefficient (Wildman–Crippen LogP) is -0.151. The van der Waals surface area contributed by atoms with Crippen molar-refractivity contribution in [3.8, 4) is 0 Å². The van der Waals surface area contributed by atoms with Crippen LogP contribution in [0.4, 0.5) is 0 Å². The summed E-state index contributed by atoms with van der Waals surface area (Å²) in [5.41, 5.74) is 0. The van der Waals surface area contributed by atoms with Gasteiger partial charge in [0, 0.05) is 0 Å². The molecule has 6 heteroatoms. The van der Waals surface area contributed by atoms with E-state index in [2.05, 4.69) is 26.9 Å². The predicted molar refractivity (Wildman–Crippen MR) is 66.2 cm³/mol. The van der Waals surface area contributed by atoms with E-state index in [1.54, 1.807) is 0 Å². The molecule has 2 nitrogen and oxygen atoms in total. The Hall–Kier alpha value is 0.788. The average molecular weight is 239 g/mol. The van der Waals surface area contributed by atoms with E-state index in [0.29, 0.717) is 0 Å². The van der Waals surface area contributed by atoms with Crippen LogP contribution in [0.1, 0.15) is 13.8 Å². The van der Waals surface area contributed by atoms with Crippen molar-refractivity contribution in [1.29, 1.82) is 0 Å². The third kappa shape index (κ3) is 4.15. The highest BCUT2D eigenvalue weighted by Crippen LogP contribution is 2.14. The van der Waals surface area contributed by atoms with Gasteiger partial charge in [0.15, 0.2) is 26.2 Å². The molecule has 74 valence electrons. The first-order valence-corrected chi connectivity index (χ1v) is 13.6. The van der Waals surface area contributed by atoms with Crippen LogP contribution in [0.3, 0.4) is 0 Å². The van der Waals surface area contributed by atoms with Gasteiger partial charge in [0.2, 0.25) is 0 Å². The SMILES string of the molecule is CC[Si](CC)(O[SiH3])[SiH2]O[SiH](C)C. The largest absolute Gasteiger partial charge is 0.464 e. The molecular weight excluding hydrogens is 216 g/mol. The van der Waals surface area contributed by atoms with Crippen molar-refractivity contribution in [2.24, 2.45) is 0 Å². The zero-order valence-corrected chi connectivity index (χ0v) is 14.6. The van der Waals surface area contributed by atoms with Crippen LogP contribution in [-0.4, -0.2) is 36.6 Å². The van der Waals surface area contributed by atoms with Gasteiger partial charge in [-0.2, -0.15) is 0 Å². The summed E-state index contributed by atoms with van der Waals surface area (Å²) in [4.78, 5) is 0. The van der Waals surface area contributed by atoms with Gasteiger partial charge in [-0.15, -0.1) is 0 Å². The Morgan fingerprint density at radius 3 is 2.08 bits per heavy atom. The first-order chi connectivity index (χ1) is 5.60. The summed E-state index contributed by atoms with van der Waals surface area (Å²) in [6.45, 7) is 9.05. The molecule has 0 aliphatic rings. The Morgan fingerprint density at radius 2 is 1.83 bits per heavy atom. The Kier molecular flexibility index (Phi) is 6.68. The minimum atomic E-state index is -1.27. The van der Waals surface area contributed by atoms with Crippen LogP contribution >= 0.6 is 0 Å². The Labute approximate surface area is 84.2 Å². The maximum Gasteiger partial charge on any atom is 0.188 e. The molecule has 0 saturated heterocycles. The Morgan fingerprint density at radius 1 is 1.33 bits per heavy atom. The summed E-state index contributed by atoms with van der Waals surface area (Å²) in [5, 5.41) is 0. The van der Waals surface area contributed by atoms with Crippen LogP contribution in [0.5, 0.6) is 0 Å². The van der Waals surface area contributed by atoms with Crippen molar-refractivity contribution in [2.75, 3.05) is 0 Å². The van der Waals surface area contributed by atoms with Crippen molar-refractivity contribution in [1.82, 2.24) is 0 Å². The van der Waals surface area contributed by atoms with Crippen LogP contribution in [0.25, 0.3) is 0 Å². The van der Waals surface area contributed by atoms with E-state index in [1.807, 2.05) is 0 Å². The van der Waals surface area contributed by atoms with Crippen molar-refractivity contribution in [2.45, 2.75) is 39.0 Å². The quantitative estimate of drug-likeness (QED) is 0.599. The smallest absolute Gasteiger partial charge is 0.188 e. The molecule has 0 N–H and O–H groups in total. The summed E-state index contributed by atoms with van der Waals surface area (Å²) >= 11 is 0. The fourth-order valence-electron chi connectivity index (χ4n) is 1.12. The van der Waals surface area contributed by atoms with Gasteiger partial charge in [0.1, 0.15) is 10.5 Å². The van der Waals surface area contributed by atoms with E-state index in [-0.39, 0.29) is 9.28 Å². The lowest BCUT2D eigenvalue weighted by molar-refractivity contribution is 0.581. The van der Waals surface area contributed by atoms with Crippen LogP contribution in [0.2, 0.25) is 25.2 Å². The Bertz CT molecular complexity index is 108. The summed E-state index contributed by atoms with van der Waals surface area (Å²) < 4.78 is 11.7. The minimum absolute atomic E-state index is 0.316.